The van der Waals surface area contributed by atoms with Crippen LogP contribution in [0.15, 0.2) is 11.6 Å². The summed E-state index contributed by atoms with van der Waals surface area (Å²) in [5, 5.41) is 0. The Labute approximate surface area is 124 Å². The predicted octanol–water partition coefficient (Wildman–Crippen LogP) is 4.94. The summed E-state index contributed by atoms with van der Waals surface area (Å²) in [6.45, 7) is 12.3. The minimum atomic E-state index is -0.0267. The highest BCUT2D eigenvalue weighted by Gasteiger charge is 2.45. The lowest BCUT2D eigenvalue weighted by molar-refractivity contribution is -0.288. The zero-order valence-electron chi connectivity index (χ0n) is 13.9. The monoisotopic (exact) mass is 280 g/mol. The largest absolute Gasteiger partial charge is 0.352 e. The Morgan fingerprint density at radius 1 is 1.35 bits per heavy atom. The summed E-state index contributed by atoms with van der Waals surface area (Å²) in [5.41, 5.74) is 1.65. The molecule has 1 heterocycles. The van der Waals surface area contributed by atoms with E-state index in [0.717, 1.165) is 19.4 Å². The Morgan fingerprint density at radius 2 is 2.10 bits per heavy atom. The van der Waals surface area contributed by atoms with Crippen LogP contribution < -0.4 is 0 Å². The SMILES string of the molecule is CCCC1OC(C2(C)CCC(C)=CC2C)OCC1CC. The Morgan fingerprint density at radius 3 is 2.70 bits per heavy atom. The van der Waals surface area contributed by atoms with Crippen molar-refractivity contribution in [2.24, 2.45) is 17.3 Å². The van der Waals surface area contributed by atoms with Crippen molar-refractivity contribution in [1.29, 1.82) is 0 Å². The van der Waals surface area contributed by atoms with Gasteiger partial charge in [0.2, 0.25) is 0 Å². The first-order valence-corrected chi connectivity index (χ1v) is 8.45. The third-order valence-electron chi connectivity index (χ3n) is 5.55. The maximum absolute atomic E-state index is 6.43. The molecule has 1 fully saturated rings. The van der Waals surface area contributed by atoms with E-state index in [0.29, 0.717) is 17.9 Å². The Kier molecular flexibility index (Phi) is 5.30. The number of allylic oxidation sites excluding steroid dienone is 2. The van der Waals surface area contributed by atoms with Gasteiger partial charge in [0.1, 0.15) is 0 Å². The summed E-state index contributed by atoms with van der Waals surface area (Å²) in [7, 11) is 0. The zero-order valence-corrected chi connectivity index (χ0v) is 13.9. The fraction of sp³-hybridized carbons (Fsp3) is 0.889. The molecule has 0 amide bonds. The molecule has 2 rings (SSSR count). The molecule has 1 saturated heterocycles. The van der Waals surface area contributed by atoms with Gasteiger partial charge in [-0.3, -0.25) is 0 Å². The molecule has 0 saturated carbocycles. The summed E-state index contributed by atoms with van der Waals surface area (Å²) >= 11 is 0. The average Bonchev–Trinajstić information content (AvgIpc) is 2.43. The molecule has 2 aliphatic rings. The van der Waals surface area contributed by atoms with Crippen molar-refractivity contribution in [2.45, 2.75) is 79.1 Å². The zero-order chi connectivity index (χ0) is 14.8. The fourth-order valence-corrected chi connectivity index (χ4v) is 3.67. The molecule has 20 heavy (non-hydrogen) atoms. The molecule has 0 bridgehead atoms. The second-order valence-electron chi connectivity index (χ2n) is 7.10. The third kappa shape index (κ3) is 3.12. The summed E-state index contributed by atoms with van der Waals surface area (Å²) in [5.74, 6) is 1.10. The third-order valence-corrected chi connectivity index (χ3v) is 5.55. The molecule has 0 aromatic heterocycles. The lowest BCUT2D eigenvalue weighted by atomic mass is 9.69. The van der Waals surface area contributed by atoms with Crippen molar-refractivity contribution in [2.75, 3.05) is 6.61 Å². The molecule has 0 aromatic rings. The summed E-state index contributed by atoms with van der Waals surface area (Å²) in [4.78, 5) is 0. The van der Waals surface area contributed by atoms with Gasteiger partial charge in [-0.2, -0.15) is 0 Å². The molecular weight excluding hydrogens is 248 g/mol. The first kappa shape index (κ1) is 16.0. The van der Waals surface area contributed by atoms with Crippen LogP contribution in [0.3, 0.4) is 0 Å². The van der Waals surface area contributed by atoms with Crippen molar-refractivity contribution in [3.8, 4) is 0 Å². The second-order valence-corrected chi connectivity index (χ2v) is 7.10. The van der Waals surface area contributed by atoms with Crippen LogP contribution in [0.1, 0.15) is 66.7 Å². The maximum atomic E-state index is 6.43. The lowest BCUT2D eigenvalue weighted by Crippen LogP contribution is -2.50. The normalized spacial score (nSPS) is 42.4. The topological polar surface area (TPSA) is 18.5 Å². The standard InChI is InChI=1S/C18H32O2/c1-6-8-16-15(7-2)12-19-17(20-16)18(5)10-9-13(3)11-14(18)4/h11,14-17H,6-10,12H2,1-5H3. The van der Waals surface area contributed by atoms with Crippen LogP contribution in [-0.4, -0.2) is 19.0 Å². The van der Waals surface area contributed by atoms with Crippen molar-refractivity contribution >= 4 is 0 Å². The van der Waals surface area contributed by atoms with Gasteiger partial charge in [0.05, 0.1) is 12.7 Å². The van der Waals surface area contributed by atoms with Crippen molar-refractivity contribution in [3.05, 3.63) is 11.6 Å². The molecule has 2 heteroatoms. The van der Waals surface area contributed by atoms with Gasteiger partial charge in [0.25, 0.3) is 0 Å². The minimum Gasteiger partial charge on any atom is -0.352 e. The Hall–Kier alpha value is -0.340. The van der Waals surface area contributed by atoms with Gasteiger partial charge in [0.15, 0.2) is 6.29 Å². The van der Waals surface area contributed by atoms with Crippen molar-refractivity contribution < 1.29 is 9.47 Å². The van der Waals surface area contributed by atoms with E-state index in [-0.39, 0.29) is 11.7 Å². The Balaban J connectivity index is 2.09. The highest BCUT2D eigenvalue weighted by atomic mass is 16.7. The molecule has 0 radical (unpaired) electrons. The van der Waals surface area contributed by atoms with Gasteiger partial charge >= 0.3 is 0 Å². The molecule has 5 unspecified atom stereocenters. The van der Waals surface area contributed by atoms with E-state index in [1.165, 1.54) is 24.8 Å². The number of rotatable bonds is 4. The predicted molar refractivity (Wildman–Crippen MR) is 83.6 cm³/mol. The van der Waals surface area contributed by atoms with Gasteiger partial charge in [-0.15, -0.1) is 0 Å². The van der Waals surface area contributed by atoms with Crippen LogP contribution in [0.5, 0.6) is 0 Å². The van der Waals surface area contributed by atoms with Gasteiger partial charge in [-0.25, -0.2) is 0 Å². The van der Waals surface area contributed by atoms with Gasteiger partial charge in [-0.05, 0) is 38.5 Å². The lowest BCUT2D eigenvalue weighted by Gasteiger charge is -2.48. The smallest absolute Gasteiger partial charge is 0.163 e. The molecule has 5 atom stereocenters. The van der Waals surface area contributed by atoms with Crippen LogP contribution in [0.4, 0.5) is 0 Å². The first-order chi connectivity index (χ1) is 9.51. The fourth-order valence-electron chi connectivity index (χ4n) is 3.67. The van der Waals surface area contributed by atoms with Crippen LogP contribution in [0.2, 0.25) is 0 Å². The second kappa shape index (κ2) is 6.62. The Bertz CT molecular complexity index is 349. The molecule has 2 nitrogen and oxygen atoms in total. The number of hydrogen-bond donors (Lipinski definition) is 0. The number of hydrogen-bond acceptors (Lipinski definition) is 2. The first-order valence-electron chi connectivity index (χ1n) is 8.45. The summed E-state index contributed by atoms with van der Waals surface area (Å²) < 4.78 is 12.6. The van der Waals surface area contributed by atoms with Crippen LogP contribution in [-0.2, 0) is 9.47 Å². The molecule has 1 aliphatic carbocycles. The molecule has 1 aliphatic heterocycles. The van der Waals surface area contributed by atoms with E-state index >= 15 is 0 Å². The van der Waals surface area contributed by atoms with Gasteiger partial charge in [-0.1, -0.05) is 45.8 Å². The molecule has 116 valence electrons. The molecule has 0 aromatic carbocycles. The van der Waals surface area contributed by atoms with E-state index in [4.69, 9.17) is 9.47 Å². The van der Waals surface area contributed by atoms with E-state index in [2.05, 4.69) is 40.7 Å². The van der Waals surface area contributed by atoms with E-state index in [1.807, 2.05) is 0 Å². The molecule has 0 N–H and O–H groups in total. The highest BCUT2D eigenvalue weighted by Crippen LogP contribution is 2.46. The highest BCUT2D eigenvalue weighted by molar-refractivity contribution is 5.10. The quantitative estimate of drug-likeness (QED) is 0.679. The summed E-state index contributed by atoms with van der Waals surface area (Å²) in [6.07, 6.45) is 8.65. The maximum Gasteiger partial charge on any atom is 0.163 e. The van der Waals surface area contributed by atoms with Crippen LogP contribution in [0.25, 0.3) is 0 Å². The minimum absolute atomic E-state index is 0.0267. The van der Waals surface area contributed by atoms with Gasteiger partial charge in [0, 0.05) is 11.3 Å². The van der Waals surface area contributed by atoms with E-state index in [9.17, 15) is 0 Å². The average molecular weight is 280 g/mol. The van der Waals surface area contributed by atoms with E-state index in [1.54, 1.807) is 0 Å². The van der Waals surface area contributed by atoms with Crippen molar-refractivity contribution in [1.82, 2.24) is 0 Å². The van der Waals surface area contributed by atoms with Crippen molar-refractivity contribution in [3.63, 3.8) is 0 Å². The van der Waals surface area contributed by atoms with Crippen LogP contribution in [0, 0.1) is 17.3 Å². The van der Waals surface area contributed by atoms with Crippen LogP contribution >= 0.6 is 0 Å². The van der Waals surface area contributed by atoms with Gasteiger partial charge < -0.3 is 9.47 Å². The summed E-state index contributed by atoms with van der Waals surface area (Å²) in [6, 6.07) is 0. The molecule has 0 spiro atoms. The number of ether oxygens (including phenoxy) is 2. The van der Waals surface area contributed by atoms with E-state index < -0.39 is 0 Å². The molecular formula is C18H32O2.